The van der Waals surface area contributed by atoms with Crippen LogP contribution in [-0.4, -0.2) is 31.6 Å². The van der Waals surface area contributed by atoms with Gasteiger partial charge in [-0.3, -0.25) is 4.79 Å². The number of rotatable bonds is 3. The molecule has 2 aromatic carbocycles. The fourth-order valence-electron chi connectivity index (χ4n) is 3.69. The highest BCUT2D eigenvalue weighted by Gasteiger charge is 2.29. The van der Waals surface area contributed by atoms with Crippen molar-refractivity contribution < 1.29 is 4.79 Å². The van der Waals surface area contributed by atoms with E-state index in [1.165, 1.54) is 16.8 Å². The summed E-state index contributed by atoms with van der Waals surface area (Å²) in [6, 6.07) is 17.3. The van der Waals surface area contributed by atoms with E-state index in [0.717, 1.165) is 38.2 Å². The zero-order chi connectivity index (χ0) is 16.4. The molecule has 4 rings (SSSR count). The highest BCUT2D eigenvalue weighted by Crippen LogP contribution is 2.33. The topological polar surface area (TPSA) is 44.4 Å². The Morgan fingerprint density at radius 3 is 2.75 bits per heavy atom. The van der Waals surface area contributed by atoms with Gasteiger partial charge in [0.25, 0.3) is 0 Å². The first-order valence-corrected chi connectivity index (χ1v) is 8.74. The molecule has 1 fully saturated rings. The van der Waals surface area contributed by atoms with Crippen LogP contribution in [0.1, 0.15) is 17.5 Å². The van der Waals surface area contributed by atoms with Crippen molar-refractivity contribution in [2.45, 2.75) is 25.3 Å². The lowest BCUT2D eigenvalue weighted by Gasteiger charge is -2.36. The minimum absolute atomic E-state index is 0.115. The molecule has 0 radical (unpaired) electrons. The molecule has 124 valence electrons. The van der Waals surface area contributed by atoms with Gasteiger partial charge in [-0.15, -0.1) is 0 Å². The predicted molar refractivity (Wildman–Crippen MR) is 97.5 cm³/mol. The van der Waals surface area contributed by atoms with Crippen LogP contribution in [0, 0.1) is 0 Å². The average Bonchev–Trinajstić information content (AvgIpc) is 2.76. The SMILES string of the molecule is O=C1C[C@H]2CNCCN2c2cc(CCc3ccccc3)ccc2N1. The molecule has 1 atom stereocenters. The van der Waals surface area contributed by atoms with Gasteiger partial charge in [-0.05, 0) is 36.1 Å². The molecule has 24 heavy (non-hydrogen) atoms. The number of anilines is 2. The quantitative estimate of drug-likeness (QED) is 0.913. The predicted octanol–water partition coefficient (Wildman–Crippen LogP) is 2.59. The van der Waals surface area contributed by atoms with Gasteiger partial charge in [-0.2, -0.15) is 0 Å². The van der Waals surface area contributed by atoms with E-state index in [2.05, 4.69) is 64.1 Å². The van der Waals surface area contributed by atoms with Crippen molar-refractivity contribution >= 4 is 17.3 Å². The monoisotopic (exact) mass is 321 g/mol. The summed E-state index contributed by atoms with van der Waals surface area (Å²) in [5.74, 6) is 0.115. The molecular formula is C20H23N3O. The van der Waals surface area contributed by atoms with E-state index in [4.69, 9.17) is 0 Å². The molecule has 0 aliphatic carbocycles. The van der Waals surface area contributed by atoms with Gasteiger partial charge in [0.15, 0.2) is 0 Å². The number of carbonyl (C=O) groups is 1. The molecule has 2 aliphatic heterocycles. The Balaban J connectivity index is 1.58. The number of aryl methyl sites for hydroxylation is 2. The number of hydrogen-bond donors (Lipinski definition) is 2. The van der Waals surface area contributed by atoms with Gasteiger partial charge in [-0.1, -0.05) is 36.4 Å². The number of carbonyl (C=O) groups excluding carboxylic acids is 1. The maximum absolute atomic E-state index is 12.1. The first-order chi connectivity index (χ1) is 11.8. The Labute approximate surface area is 142 Å². The Bertz CT molecular complexity index is 729. The Kier molecular flexibility index (Phi) is 4.22. The van der Waals surface area contributed by atoms with Crippen LogP contribution in [-0.2, 0) is 17.6 Å². The fourth-order valence-corrected chi connectivity index (χ4v) is 3.69. The Morgan fingerprint density at radius 2 is 1.88 bits per heavy atom. The summed E-state index contributed by atoms with van der Waals surface area (Å²) in [6.07, 6.45) is 2.61. The third kappa shape index (κ3) is 3.15. The van der Waals surface area contributed by atoms with E-state index in [9.17, 15) is 4.79 Å². The van der Waals surface area contributed by atoms with Crippen LogP contribution in [0.5, 0.6) is 0 Å². The molecule has 1 amide bonds. The van der Waals surface area contributed by atoms with Crippen LogP contribution in [0.3, 0.4) is 0 Å². The fraction of sp³-hybridized carbons (Fsp3) is 0.350. The second-order valence-corrected chi connectivity index (χ2v) is 6.64. The molecule has 4 heteroatoms. The average molecular weight is 321 g/mol. The molecule has 0 aromatic heterocycles. The van der Waals surface area contributed by atoms with E-state index in [1.54, 1.807) is 0 Å². The smallest absolute Gasteiger partial charge is 0.226 e. The number of nitrogens with one attached hydrogen (secondary N) is 2. The van der Waals surface area contributed by atoms with Crippen LogP contribution in [0.25, 0.3) is 0 Å². The molecule has 0 unspecified atom stereocenters. The van der Waals surface area contributed by atoms with Gasteiger partial charge in [0.05, 0.1) is 17.4 Å². The summed E-state index contributed by atoms with van der Waals surface area (Å²) < 4.78 is 0. The Morgan fingerprint density at radius 1 is 1.04 bits per heavy atom. The molecule has 4 nitrogen and oxygen atoms in total. The van der Waals surface area contributed by atoms with Crippen molar-refractivity contribution in [3.05, 3.63) is 59.7 Å². The first-order valence-electron chi connectivity index (χ1n) is 8.74. The van der Waals surface area contributed by atoms with Gasteiger partial charge in [0.1, 0.15) is 0 Å². The number of nitrogens with zero attached hydrogens (tertiary/aromatic N) is 1. The van der Waals surface area contributed by atoms with Gasteiger partial charge in [0.2, 0.25) is 5.91 Å². The molecule has 2 heterocycles. The van der Waals surface area contributed by atoms with E-state index in [1.807, 2.05) is 0 Å². The van der Waals surface area contributed by atoms with E-state index < -0.39 is 0 Å². The molecule has 2 aliphatic rings. The van der Waals surface area contributed by atoms with Crippen molar-refractivity contribution in [3.63, 3.8) is 0 Å². The van der Waals surface area contributed by atoms with Crippen LogP contribution in [0.4, 0.5) is 11.4 Å². The van der Waals surface area contributed by atoms with Crippen LogP contribution in [0.2, 0.25) is 0 Å². The van der Waals surface area contributed by atoms with Crippen molar-refractivity contribution in [2.24, 2.45) is 0 Å². The van der Waals surface area contributed by atoms with Crippen molar-refractivity contribution in [1.82, 2.24) is 5.32 Å². The summed E-state index contributed by atoms with van der Waals surface area (Å²) in [6.45, 7) is 2.80. The number of benzene rings is 2. The molecule has 0 bridgehead atoms. The molecule has 0 spiro atoms. The van der Waals surface area contributed by atoms with Gasteiger partial charge in [0, 0.05) is 26.1 Å². The molecule has 2 aromatic rings. The second kappa shape index (κ2) is 6.65. The number of piperazine rings is 1. The highest BCUT2D eigenvalue weighted by molar-refractivity contribution is 5.97. The lowest BCUT2D eigenvalue weighted by molar-refractivity contribution is -0.116. The molecule has 0 saturated carbocycles. The lowest BCUT2D eigenvalue weighted by atomic mass is 10.0. The van der Waals surface area contributed by atoms with Crippen LogP contribution in [0.15, 0.2) is 48.5 Å². The molecular weight excluding hydrogens is 298 g/mol. The van der Waals surface area contributed by atoms with E-state index in [0.29, 0.717) is 6.42 Å². The first kappa shape index (κ1) is 15.2. The number of fused-ring (bicyclic) bond motifs is 3. The number of hydrogen-bond acceptors (Lipinski definition) is 3. The van der Waals surface area contributed by atoms with E-state index in [-0.39, 0.29) is 11.9 Å². The maximum Gasteiger partial charge on any atom is 0.226 e. The van der Waals surface area contributed by atoms with E-state index >= 15 is 0 Å². The molecule has 2 N–H and O–H groups in total. The maximum atomic E-state index is 12.1. The van der Waals surface area contributed by atoms with Gasteiger partial charge >= 0.3 is 0 Å². The minimum atomic E-state index is 0.115. The normalized spacial score (nSPS) is 19.9. The Hall–Kier alpha value is -2.33. The van der Waals surface area contributed by atoms with Crippen molar-refractivity contribution in [1.29, 1.82) is 0 Å². The third-order valence-electron chi connectivity index (χ3n) is 4.96. The minimum Gasteiger partial charge on any atom is -0.364 e. The summed E-state index contributed by atoms with van der Waals surface area (Å²) in [5.41, 5.74) is 4.82. The summed E-state index contributed by atoms with van der Waals surface area (Å²) in [7, 11) is 0. The summed E-state index contributed by atoms with van der Waals surface area (Å²) >= 11 is 0. The zero-order valence-corrected chi connectivity index (χ0v) is 13.8. The van der Waals surface area contributed by atoms with Crippen LogP contribution >= 0.6 is 0 Å². The zero-order valence-electron chi connectivity index (χ0n) is 13.8. The van der Waals surface area contributed by atoms with Crippen molar-refractivity contribution in [3.8, 4) is 0 Å². The van der Waals surface area contributed by atoms with Crippen molar-refractivity contribution in [2.75, 3.05) is 29.9 Å². The molecule has 1 saturated heterocycles. The van der Waals surface area contributed by atoms with Gasteiger partial charge in [-0.25, -0.2) is 0 Å². The highest BCUT2D eigenvalue weighted by atomic mass is 16.1. The lowest BCUT2D eigenvalue weighted by Crippen LogP contribution is -2.51. The summed E-state index contributed by atoms with van der Waals surface area (Å²) in [5, 5.41) is 6.47. The standard InChI is InChI=1S/C20H23N3O/c24-20-13-17-14-21-10-11-23(17)19-12-16(8-9-18(19)22-20)7-6-15-4-2-1-3-5-15/h1-5,8-9,12,17,21H,6-7,10-11,13-14H2,(H,22,24)/t17-/m0/s1. The second-order valence-electron chi connectivity index (χ2n) is 6.64. The summed E-state index contributed by atoms with van der Waals surface area (Å²) in [4.78, 5) is 14.5. The largest absolute Gasteiger partial charge is 0.364 e. The number of amides is 1. The van der Waals surface area contributed by atoms with Crippen LogP contribution < -0.4 is 15.5 Å². The third-order valence-corrected chi connectivity index (χ3v) is 4.96. The van der Waals surface area contributed by atoms with Gasteiger partial charge < -0.3 is 15.5 Å².